The average molecular weight is 385 g/mol. The molecule has 3 rings (SSSR count). The second kappa shape index (κ2) is 5.28. The van der Waals surface area contributed by atoms with Crippen molar-refractivity contribution in [2.75, 3.05) is 0 Å². The molecule has 0 aliphatic heterocycles. The third-order valence-corrected chi connectivity index (χ3v) is 5.84. The van der Waals surface area contributed by atoms with Crippen LogP contribution >= 0.6 is 45.3 Å². The van der Waals surface area contributed by atoms with Gasteiger partial charge in [-0.15, -0.1) is 22.7 Å². The van der Waals surface area contributed by atoms with Gasteiger partial charge in [0.05, 0.1) is 2.88 Å². The summed E-state index contributed by atoms with van der Waals surface area (Å²) in [6, 6.07) is 10.8. The Balaban J connectivity index is 1.88. The zero-order valence-electron chi connectivity index (χ0n) is 9.60. The number of thiophene rings is 2. The minimum atomic E-state index is 0.0998. The number of nitrogens with two attached hydrogens (primary N) is 1. The van der Waals surface area contributed by atoms with Crippen LogP contribution in [0.1, 0.15) is 17.2 Å². The Morgan fingerprint density at radius 1 is 1.17 bits per heavy atom. The standard InChI is InChI=1S/C14H12INS2/c15-14-6-10(8-18-14)12(16)5-9-7-17-13-4-2-1-3-11(9)13/h1-4,6-8,12H,5,16H2. The van der Waals surface area contributed by atoms with Crippen molar-refractivity contribution >= 4 is 55.4 Å². The Bertz CT molecular complexity index is 671. The second-order valence-electron chi connectivity index (χ2n) is 4.25. The lowest BCUT2D eigenvalue weighted by Gasteiger charge is -2.09. The van der Waals surface area contributed by atoms with Crippen LogP contribution in [0, 0.1) is 2.88 Å². The lowest BCUT2D eigenvalue weighted by Crippen LogP contribution is -2.12. The maximum atomic E-state index is 6.30. The van der Waals surface area contributed by atoms with Gasteiger partial charge in [0.25, 0.3) is 0 Å². The van der Waals surface area contributed by atoms with Gasteiger partial charge >= 0.3 is 0 Å². The molecule has 0 saturated carbocycles. The van der Waals surface area contributed by atoms with Gasteiger partial charge in [-0.25, -0.2) is 0 Å². The molecule has 92 valence electrons. The highest BCUT2D eigenvalue weighted by molar-refractivity contribution is 14.1. The maximum absolute atomic E-state index is 6.30. The molecular weight excluding hydrogens is 373 g/mol. The summed E-state index contributed by atoms with van der Waals surface area (Å²) in [5.74, 6) is 0. The first kappa shape index (κ1) is 12.6. The van der Waals surface area contributed by atoms with E-state index in [2.05, 4.69) is 63.7 Å². The first-order chi connectivity index (χ1) is 8.74. The SMILES string of the molecule is NC(Cc1csc2ccccc12)c1csc(I)c1. The minimum absolute atomic E-state index is 0.0998. The molecule has 0 fully saturated rings. The quantitative estimate of drug-likeness (QED) is 0.644. The lowest BCUT2D eigenvalue weighted by atomic mass is 10.0. The van der Waals surface area contributed by atoms with Gasteiger partial charge in [0, 0.05) is 10.7 Å². The summed E-state index contributed by atoms with van der Waals surface area (Å²) in [5.41, 5.74) is 8.91. The fourth-order valence-electron chi connectivity index (χ4n) is 2.06. The maximum Gasteiger partial charge on any atom is 0.0656 e. The summed E-state index contributed by atoms with van der Waals surface area (Å²) in [5, 5.41) is 5.76. The summed E-state index contributed by atoms with van der Waals surface area (Å²) in [6.07, 6.45) is 0.914. The van der Waals surface area contributed by atoms with Crippen molar-refractivity contribution in [3.63, 3.8) is 0 Å². The second-order valence-corrected chi connectivity index (χ2v) is 7.97. The van der Waals surface area contributed by atoms with Gasteiger partial charge in [0.2, 0.25) is 0 Å². The van der Waals surface area contributed by atoms with E-state index in [1.807, 2.05) is 0 Å². The van der Waals surface area contributed by atoms with Crippen molar-refractivity contribution in [2.45, 2.75) is 12.5 Å². The van der Waals surface area contributed by atoms with Crippen molar-refractivity contribution in [3.8, 4) is 0 Å². The topological polar surface area (TPSA) is 26.0 Å². The molecule has 0 radical (unpaired) electrons. The van der Waals surface area contributed by atoms with Gasteiger partial charge in [-0.1, -0.05) is 18.2 Å². The van der Waals surface area contributed by atoms with E-state index in [-0.39, 0.29) is 6.04 Å². The number of halogens is 1. The molecule has 0 saturated heterocycles. The minimum Gasteiger partial charge on any atom is -0.324 e. The summed E-state index contributed by atoms with van der Waals surface area (Å²) < 4.78 is 2.65. The van der Waals surface area contributed by atoms with E-state index in [9.17, 15) is 0 Å². The van der Waals surface area contributed by atoms with Crippen molar-refractivity contribution in [1.29, 1.82) is 0 Å². The van der Waals surface area contributed by atoms with Crippen molar-refractivity contribution in [1.82, 2.24) is 0 Å². The smallest absolute Gasteiger partial charge is 0.0656 e. The van der Waals surface area contributed by atoms with E-state index in [0.29, 0.717) is 0 Å². The molecule has 0 amide bonds. The van der Waals surface area contributed by atoms with E-state index in [0.717, 1.165) is 6.42 Å². The fraction of sp³-hybridized carbons (Fsp3) is 0.143. The fourth-order valence-corrected chi connectivity index (χ4v) is 4.48. The molecular formula is C14H12INS2. The highest BCUT2D eigenvalue weighted by Gasteiger charge is 2.12. The molecule has 2 aromatic heterocycles. The van der Waals surface area contributed by atoms with Crippen LogP contribution in [-0.4, -0.2) is 0 Å². The van der Waals surface area contributed by atoms with Crippen LogP contribution < -0.4 is 5.73 Å². The van der Waals surface area contributed by atoms with E-state index < -0.39 is 0 Å². The average Bonchev–Trinajstić information content (AvgIpc) is 2.97. The van der Waals surface area contributed by atoms with Gasteiger partial charge in [0.15, 0.2) is 0 Å². The zero-order chi connectivity index (χ0) is 12.5. The molecule has 2 heterocycles. The molecule has 0 bridgehead atoms. The predicted octanol–water partition coefficient (Wildman–Crippen LogP) is 4.81. The number of hydrogen-bond donors (Lipinski definition) is 1. The first-order valence-corrected chi connectivity index (χ1v) is 8.52. The Morgan fingerprint density at radius 3 is 2.78 bits per heavy atom. The Hall–Kier alpha value is -0.430. The highest BCUT2D eigenvalue weighted by Crippen LogP contribution is 2.30. The van der Waals surface area contributed by atoms with E-state index in [4.69, 9.17) is 5.73 Å². The molecule has 0 spiro atoms. The van der Waals surface area contributed by atoms with Crippen LogP contribution in [0.25, 0.3) is 10.1 Å². The lowest BCUT2D eigenvalue weighted by molar-refractivity contribution is 0.729. The number of fused-ring (bicyclic) bond motifs is 1. The van der Waals surface area contributed by atoms with Crippen LogP contribution in [0.5, 0.6) is 0 Å². The Kier molecular flexibility index (Phi) is 3.70. The third-order valence-electron chi connectivity index (χ3n) is 3.02. The summed E-state index contributed by atoms with van der Waals surface area (Å²) in [7, 11) is 0. The number of hydrogen-bond acceptors (Lipinski definition) is 3. The van der Waals surface area contributed by atoms with Crippen molar-refractivity contribution < 1.29 is 0 Å². The molecule has 0 aliphatic rings. The highest BCUT2D eigenvalue weighted by atomic mass is 127. The molecule has 1 unspecified atom stereocenters. The zero-order valence-corrected chi connectivity index (χ0v) is 13.4. The monoisotopic (exact) mass is 385 g/mol. The van der Waals surface area contributed by atoms with Crippen molar-refractivity contribution in [2.24, 2.45) is 5.73 Å². The van der Waals surface area contributed by atoms with Crippen LogP contribution in [0.3, 0.4) is 0 Å². The predicted molar refractivity (Wildman–Crippen MR) is 89.5 cm³/mol. The van der Waals surface area contributed by atoms with Gasteiger partial charge < -0.3 is 5.73 Å². The van der Waals surface area contributed by atoms with Gasteiger partial charge in [0.1, 0.15) is 0 Å². The number of benzene rings is 1. The van der Waals surface area contributed by atoms with Crippen LogP contribution in [-0.2, 0) is 6.42 Å². The van der Waals surface area contributed by atoms with Crippen LogP contribution in [0.15, 0.2) is 41.1 Å². The summed E-state index contributed by atoms with van der Waals surface area (Å²) in [4.78, 5) is 0. The van der Waals surface area contributed by atoms with Gasteiger partial charge in [-0.05, 0) is 68.4 Å². The molecule has 4 heteroatoms. The van der Waals surface area contributed by atoms with E-state index in [1.54, 1.807) is 22.7 Å². The van der Waals surface area contributed by atoms with Crippen molar-refractivity contribution in [3.05, 3.63) is 55.1 Å². The molecule has 2 N–H and O–H groups in total. The van der Waals surface area contributed by atoms with Crippen LogP contribution in [0.4, 0.5) is 0 Å². The molecule has 1 aromatic carbocycles. The summed E-state index contributed by atoms with van der Waals surface area (Å²) >= 11 is 5.90. The molecule has 18 heavy (non-hydrogen) atoms. The van der Waals surface area contributed by atoms with Crippen LogP contribution in [0.2, 0.25) is 0 Å². The molecule has 1 nitrogen and oxygen atoms in total. The Labute approximate surface area is 128 Å². The Morgan fingerprint density at radius 2 is 2.00 bits per heavy atom. The van der Waals surface area contributed by atoms with E-state index in [1.165, 1.54) is 24.1 Å². The van der Waals surface area contributed by atoms with Gasteiger partial charge in [-0.3, -0.25) is 0 Å². The first-order valence-electron chi connectivity index (χ1n) is 5.68. The third kappa shape index (κ3) is 2.47. The normalized spacial score (nSPS) is 13.0. The molecule has 1 atom stereocenters. The number of rotatable bonds is 3. The molecule has 0 aliphatic carbocycles. The van der Waals surface area contributed by atoms with Gasteiger partial charge in [-0.2, -0.15) is 0 Å². The molecule has 3 aromatic rings. The van der Waals surface area contributed by atoms with E-state index >= 15 is 0 Å². The largest absolute Gasteiger partial charge is 0.324 e. The summed E-state index contributed by atoms with van der Waals surface area (Å²) in [6.45, 7) is 0.